The summed E-state index contributed by atoms with van der Waals surface area (Å²) in [5.41, 5.74) is 2.01. The maximum Gasteiger partial charge on any atom is 0.159 e. The molecule has 1 heterocycles. The van der Waals surface area contributed by atoms with Gasteiger partial charge in [0.05, 0.1) is 11.0 Å². The normalized spacial score (nSPS) is 25.0. The van der Waals surface area contributed by atoms with Gasteiger partial charge in [0.2, 0.25) is 0 Å². The van der Waals surface area contributed by atoms with Crippen molar-refractivity contribution in [3.63, 3.8) is 0 Å². The van der Waals surface area contributed by atoms with Crippen molar-refractivity contribution in [3.8, 4) is 0 Å². The lowest BCUT2D eigenvalue weighted by atomic mass is 10.1. The highest BCUT2D eigenvalue weighted by Gasteiger charge is 2.29. The van der Waals surface area contributed by atoms with Gasteiger partial charge in [0.25, 0.3) is 0 Å². The van der Waals surface area contributed by atoms with Gasteiger partial charge in [0.15, 0.2) is 9.84 Å². The van der Waals surface area contributed by atoms with Crippen LogP contribution in [0.25, 0.3) is 0 Å². The summed E-state index contributed by atoms with van der Waals surface area (Å²) in [6.45, 7) is 3.09. The largest absolute Gasteiger partial charge is 0.314 e. The molecule has 1 unspecified atom stereocenters. The Morgan fingerprint density at radius 2 is 2.20 bits per heavy atom. The summed E-state index contributed by atoms with van der Waals surface area (Å²) in [4.78, 5) is 0. The molecule has 1 fully saturated rings. The standard InChI is InChI=1S/C11H15NO2S/c1-9-3-2-4-10(7-9)11-8-12-5-6-15(11,13)14/h2-4,7,11-12H,5-6,8H2,1H3. The van der Waals surface area contributed by atoms with E-state index in [1.165, 1.54) is 0 Å². The van der Waals surface area contributed by atoms with E-state index in [9.17, 15) is 8.42 Å². The molecule has 82 valence electrons. The quantitative estimate of drug-likeness (QED) is 0.777. The summed E-state index contributed by atoms with van der Waals surface area (Å²) >= 11 is 0. The van der Waals surface area contributed by atoms with Crippen LogP contribution in [0.5, 0.6) is 0 Å². The molecule has 0 aliphatic carbocycles. The van der Waals surface area contributed by atoms with Crippen LogP contribution in [0.2, 0.25) is 0 Å². The molecule has 4 heteroatoms. The molecule has 0 radical (unpaired) electrons. The fourth-order valence-electron chi connectivity index (χ4n) is 1.91. The van der Waals surface area contributed by atoms with E-state index in [2.05, 4.69) is 5.32 Å². The second-order valence-electron chi connectivity index (χ2n) is 3.97. The van der Waals surface area contributed by atoms with Crippen molar-refractivity contribution in [1.29, 1.82) is 0 Å². The Labute approximate surface area is 90.4 Å². The van der Waals surface area contributed by atoms with E-state index >= 15 is 0 Å². The predicted octanol–water partition coefficient (Wildman–Crippen LogP) is 1.05. The zero-order valence-corrected chi connectivity index (χ0v) is 9.55. The molecule has 1 N–H and O–H groups in total. The van der Waals surface area contributed by atoms with Crippen molar-refractivity contribution in [3.05, 3.63) is 35.4 Å². The Morgan fingerprint density at radius 1 is 1.40 bits per heavy atom. The highest BCUT2D eigenvalue weighted by molar-refractivity contribution is 7.91. The molecule has 1 atom stereocenters. The maximum atomic E-state index is 11.9. The Bertz CT molecular complexity index is 453. The average Bonchev–Trinajstić information content (AvgIpc) is 2.17. The van der Waals surface area contributed by atoms with Crippen LogP contribution in [0.3, 0.4) is 0 Å². The second kappa shape index (κ2) is 3.94. The maximum absolute atomic E-state index is 11.9. The van der Waals surface area contributed by atoms with Crippen molar-refractivity contribution in [2.75, 3.05) is 18.8 Å². The zero-order chi connectivity index (χ0) is 10.9. The minimum atomic E-state index is -2.96. The molecule has 1 aliphatic rings. The van der Waals surface area contributed by atoms with E-state index in [0.717, 1.165) is 11.1 Å². The van der Waals surface area contributed by atoms with Crippen LogP contribution in [-0.2, 0) is 9.84 Å². The van der Waals surface area contributed by atoms with Crippen molar-refractivity contribution >= 4 is 9.84 Å². The molecule has 0 saturated carbocycles. The van der Waals surface area contributed by atoms with Gasteiger partial charge in [-0.25, -0.2) is 8.42 Å². The Hall–Kier alpha value is -0.870. The molecule has 0 amide bonds. The Kier molecular flexibility index (Phi) is 2.80. The second-order valence-corrected chi connectivity index (χ2v) is 6.28. The number of rotatable bonds is 1. The lowest BCUT2D eigenvalue weighted by molar-refractivity contribution is 0.551. The summed E-state index contributed by atoms with van der Waals surface area (Å²) in [5.74, 6) is 0.242. The zero-order valence-electron chi connectivity index (χ0n) is 8.73. The molecule has 1 aromatic carbocycles. The summed E-state index contributed by atoms with van der Waals surface area (Å²) in [6.07, 6.45) is 0. The average molecular weight is 225 g/mol. The molecule has 1 saturated heterocycles. The molecule has 1 aromatic rings. The van der Waals surface area contributed by atoms with Crippen molar-refractivity contribution < 1.29 is 8.42 Å². The SMILES string of the molecule is Cc1cccc(C2CNCCS2(=O)=O)c1. The lowest BCUT2D eigenvalue weighted by Crippen LogP contribution is -2.38. The van der Waals surface area contributed by atoms with Crippen molar-refractivity contribution in [1.82, 2.24) is 5.32 Å². The van der Waals surface area contributed by atoms with Crippen LogP contribution in [0, 0.1) is 6.92 Å². The van der Waals surface area contributed by atoms with Crippen LogP contribution in [0.15, 0.2) is 24.3 Å². The van der Waals surface area contributed by atoms with E-state index in [-0.39, 0.29) is 11.0 Å². The number of nitrogens with one attached hydrogen (secondary N) is 1. The molecular formula is C11H15NO2S. The molecule has 0 bridgehead atoms. The van der Waals surface area contributed by atoms with Gasteiger partial charge in [-0.1, -0.05) is 29.8 Å². The van der Waals surface area contributed by atoms with Crippen LogP contribution in [-0.4, -0.2) is 27.3 Å². The van der Waals surface area contributed by atoms with E-state index in [1.807, 2.05) is 31.2 Å². The number of hydrogen-bond donors (Lipinski definition) is 1. The predicted molar refractivity (Wildman–Crippen MR) is 60.6 cm³/mol. The first-order chi connectivity index (χ1) is 7.09. The lowest BCUT2D eigenvalue weighted by Gasteiger charge is -2.23. The van der Waals surface area contributed by atoms with E-state index in [0.29, 0.717) is 13.1 Å². The third-order valence-electron chi connectivity index (χ3n) is 2.74. The van der Waals surface area contributed by atoms with E-state index in [1.54, 1.807) is 0 Å². The summed E-state index contributed by atoms with van der Waals surface area (Å²) in [5, 5.41) is 2.76. The van der Waals surface area contributed by atoms with Gasteiger partial charge < -0.3 is 5.32 Å². The first-order valence-corrected chi connectivity index (χ1v) is 6.80. The summed E-state index contributed by atoms with van der Waals surface area (Å²) < 4.78 is 23.7. The number of aryl methyl sites for hydroxylation is 1. The smallest absolute Gasteiger partial charge is 0.159 e. The van der Waals surface area contributed by atoms with Crippen molar-refractivity contribution in [2.24, 2.45) is 0 Å². The molecule has 1 aliphatic heterocycles. The first-order valence-electron chi connectivity index (χ1n) is 5.08. The fraction of sp³-hybridized carbons (Fsp3) is 0.455. The minimum Gasteiger partial charge on any atom is -0.314 e. The fourth-order valence-corrected chi connectivity index (χ4v) is 3.56. The van der Waals surface area contributed by atoms with Gasteiger partial charge in [-0.2, -0.15) is 0 Å². The molecular weight excluding hydrogens is 210 g/mol. The molecule has 0 aromatic heterocycles. The van der Waals surface area contributed by atoms with Gasteiger partial charge in [-0.15, -0.1) is 0 Å². The number of benzene rings is 1. The van der Waals surface area contributed by atoms with E-state index < -0.39 is 9.84 Å². The minimum absolute atomic E-state index is 0.242. The van der Waals surface area contributed by atoms with Gasteiger partial charge in [-0.3, -0.25) is 0 Å². The molecule has 3 nitrogen and oxygen atoms in total. The summed E-state index contributed by atoms with van der Waals surface area (Å²) in [6, 6.07) is 7.73. The molecule has 2 rings (SSSR count). The van der Waals surface area contributed by atoms with Crippen LogP contribution in [0.1, 0.15) is 16.4 Å². The van der Waals surface area contributed by atoms with Crippen LogP contribution >= 0.6 is 0 Å². The topological polar surface area (TPSA) is 46.2 Å². The first kappa shape index (κ1) is 10.6. The van der Waals surface area contributed by atoms with Gasteiger partial charge in [0.1, 0.15) is 0 Å². The highest BCUT2D eigenvalue weighted by Crippen LogP contribution is 2.25. The molecule has 0 spiro atoms. The number of sulfone groups is 1. The van der Waals surface area contributed by atoms with Crippen LogP contribution < -0.4 is 5.32 Å². The van der Waals surface area contributed by atoms with Gasteiger partial charge in [-0.05, 0) is 12.5 Å². The van der Waals surface area contributed by atoms with Gasteiger partial charge in [0, 0.05) is 13.1 Å². The number of hydrogen-bond acceptors (Lipinski definition) is 3. The summed E-state index contributed by atoms with van der Waals surface area (Å²) in [7, 11) is -2.96. The molecule has 15 heavy (non-hydrogen) atoms. The van der Waals surface area contributed by atoms with E-state index in [4.69, 9.17) is 0 Å². The van der Waals surface area contributed by atoms with Crippen molar-refractivity contribution in [2.45, 2.75) is 12.2 Å². The monoisotopic (exact) mass is 225 g/mol. The van der Waals surface area contributed by atoms with Gasteiger partial charge >= 0.3 is 0 Å². The Morgan fingerprint density at radius 3 is 2.87 bits per heavy atom. The van der Waals surface area contributed by atoms with Crippen LogP contribution in [0.4, 0.5) is 0 Å². The third-order valence-corrected chi connectivity index (χ3v) is 4.82. The highest BCUT2D eigenvalue weighted by atomic mass is 32.2. The third kappa shape index (κ3) is 2.21. The Balaban J connectivity index is 2.37.